The number of aryl methyl sites for hydroxylation is 2. The number of nitrogens with zero attached hydrogens (tertiary/aromatic N) is 4. The lowest BCUT2D eigenvalue weighted by Gasteiger charge is -2.02. The van der Waals surface area contributed by atoms with Crippen LogP contribution in [0.15, 0.2) is 15.9 Å². The van der Waals surface area contributed by atoms with E-state index < -0.39 is 25.2 Å². The maximum Gasteiger partial charge on any atom is 0.332 e. The lowest BCUT2D eigenvalue weighted by molar-refractivity contribution is 0.705. The number of imidazole rings is 1. The first kappa shape index (κ1) is 4.59. The van der Waals surface area contributed by atoms with Crippen molar-refractivity contribution in [3.63, 3.8) is 0 Å². The zero-order valence-electron chi connectivity index (χ0n) is 12.3. The third-order valence-corrected chi connectivity index (χ3v) is 1.98. The van der Waals surface area contributed by atoms with Crippen molar-refractivity contribution in [2.24, 2.45) is 21.0 Å². The zero-order chi connectivity index (χ0) is 14.5. The Morgan fingerprint density at radius 2 is 2.21 bits per heavy atom. The van der Waals surface area contributed by atoms with E-state index in [1.165, 1.54) is 7.05 Å². The molecule has 2 heterocycles. The van der Waals surface area contributed by atoms with Crippen LogP contribution in [-0.4, -0.2) is 18.7 Å². The summed E-state index contributed by atoms with van der Waals surface area (Å²) in [5.74, 6) is 0. The van der Waals surface area contributed by atoms with Gasteiger partial charge in [-0.2, -0.15) is 0 Å². The summed E-state index contributed by atoms with van der Waals surface area (Å²) in [5.41, 5.74) is -2.32. The van der Waals surface area contributed by atoms with E-state index >= 15 is 0 Å². The number of hydrogen-bond acceptors (Lipinski definition) is 3. The second kappa shape index (κ2) is 2.57. The van der Waals surface area contributed by atoms with Crippen molar-refractivity contribution in [2.45, 2.75) is 0 Å². The van der Waals surface area contributed by atoms with Crippen molar-refractivity contribution in [3.8, 4) is 0 Å². The lowest BCUT2D eigenvalue weighted by Crippen LogP contribution is -2.37. The molecule has 0 saturated carbocycles. The predicted octanol–water partition coefficient (Wildman–Crippen LogP) is -1.03. The molecule has 2 rings (SSSR count). The van der Waals surface area contributed by atoms with Crippen molar-refractivity contribution < 1.29 is 6.85 Å². The van der Waals surface area contributed by atoms with Gasteiger partial charge in [0.25, 0.3) is 5.56 Å². The van der Waals surface area contributed by atoms with E-state index in [1.807, 2.05) is 0 Å². The molecule has 2 aromatic heterocycles. The molecule has 74 valence electrons. The van der Waals surface area contributed by atoms with Crippen LogP contribution < -0.4 is 11.2 Å². The van der Waals surface area contributed by atoms with Gasteiger partial charge in [0.1, 0.15) is 0 Å². The average Bonchev–Trinajstić information content (AvgIpc) is 2.70. The van der Waals surface area contributed by atoms with Gasteiger partial charge in [0.05, 0.1) is 6.33 Å². The molecule has 0 unspecified atom stereocenters. The Kier molecular flexibility index (Phi) is 0.841. The van der Waals surface area contributed by atoms with E-state index in [0.29, 0.717) is 9.13 Å². The summed E-state index contributed by atoms with van der Waals surface area (Å²) in [6.07, 6.45) is 0.936. The predicted molar refractivity (Wildman–Crippen MR) is 51.2 cm³/mol. The monoisotopic (exact) mass is 199 g/mol. The molecule has 0 aliphatic carbocycles. The van der Waals surface area contributed by atoms with E-state index in [9.17, 15) is 9.59 Å². The van der Waals surface area contributed by atoms with Gasteiger partial charge in [0.2, 0.25) is 0 Å². The minimum absolute atomic E-state index is 0.0944. The molecule has 2 aromatic rings. The van der Waals surface area contributed by atoms with Crippen molar-refractivity contribution in [2.75, 3.05) is 0 Å². The largest absolute Gasteiger partial charge is 0.332 e. The third-order valence-electron chi connectivity index (χ3n) is 1.98. The van der Waals surface area contributed by atoms with Crippen molar-refractivity contribution in [1.29, 1.82) is 0 Å². The first-order valence-corrected chi connectivity index (χ1v) is 3.70. The van der Waals surface area contributed by atoms with Gasteiger partial charge in [-0.3, -0.25) is 13.9 Å². The summed E-state index contributed by atoms with van der Waals surface area (Å²) < 4.78 is 38.2. The second-order valence-electron chi connectivity index (χ2n) is 2.80. The van der Waals surface area contributed by atoms with Crippen molar-refractivity contribution in [3.05, 3.63) is 27.2 Å². The summed E-state index contributed by atoms with van der Waals surface area (Å²) in [4.78, 5) is 27.6. The molecule has 0 amide bonds. The number of aromatic nitrogens is 4. The highest BCUT2D eigenvalue weighted by Gasteiger charge is 2.11. The minimum atomic E-state index is -2.64. The highest BCUT2D eigenvalue weighted by atomic mass is 16.2. The highest BCUT2D eigenvalue weighted by molar-refractivity contribution is 5.69. The quantitative estimate of drug-likeness (QED) is 0.545. The van der Waals surface area contributed by atoms with Crippen LogP contribution in [0, 0.1) is 0 Å². The molecule has 0 fully saturated rings. The minimum Gasteiger partial charge on any atom is -0.328 e. The summed E-state index contributed by atoms with van der Waals surface area (Å²) in [7, 11) is 1.29. The van der Waals surface area contributed by atoms with Gasteiger partial charge < -0.3 is 4.57 Å². The van der Waals surface area contributed by atoms with Crippen LogP contribution in [0.1, 0.15) is 6.85 Å². The van der Waals surface area contributed by atoms with Crippen LogP contribution >= 0.6 is 0 Å². The summed E-state index contributed by atoms with van der Waals surface area (Å²) in [6, 6.07) is 0. The average molecular weight is 199 g/mol. The third kappa shape index (κ3) is 0.876. The zero-order valence-corrected chi connectivity index (χ0v) is 7.26. The fourth-order valence-electron chi connectivity index (χ4n) is 1.24. The van der Waals surface area contributed by atoms with Gasteiger partial charge in [-0.25, -0.2) is 9.78 Å². The Morgan fingerprint density at radius 1 is 1.43 bits per heavy atom. The van der Waals surface area contributed by atoms with Crippen LogP contribution in [0.2, 0.25) is 0 Å². The first-order valence-electron chi connectivity index (χ1n) is 6.35. The summed E-state index contributed by atoms with van der Waals surface area (Å²) in [6.45, 7) is -4.50. The molecule has 0 saturated heterocycles. The molecule has 0 aromatic carbocycles. The maximum absolute atomic E-state index is 12.1. The molecular weight excluding hydrogens is 184 g/mol. The van der Waals surface area contributed by atoms with Gasteiger partial charge in [-0.05, 0) is 0 Å². The van der Waals surface area contributed by atoms with Crippen LogP contribution in [0.4, 0.5) is 0 Å². The van der Waals surface area contributed by atoms with Gasteiger partial charge in [-0.1, -0.05) is 0 Å². The van der Waals surface area contributed by atoms with E-state index in [0.717, 1.165) is 10.9 Å². The molecule has 14 heavy (non-hydrogen) atoms. The number of hydrogen-bond donors (Lipinski definition) is 0. The van der Waals surface area contributed by atoms with Crippen LogP contribution in [-0.2, 0) is 21.0 Å². The fourth-order valence-corrected chi connectivity index (χ4v) is 1.24. The maximum atomic E-state index is 12.1. The molecule has 0 spiro atoms. The SMILES string of the molecule is [2H]C([2H])n1c(=O)c2c(ncn2C([2H])([2H])[2H])n(C)c1=O. The Bertz CT molecular complexity index is 753. The Hall–Kier alpha value is -1.85. The smallest absolute Gasteiger partial charge is 0.328 e. The van der Waals surface area contributed by atoms with Crippen molar-refractivity contribution in [1.82, 2.24) is 18.7 Å². The Morgan fingerprint density at radius 3 is 2.86 bits per heavy atom. The van der Waals surface area contributed by atoms with E-state index in [1.54, 1.807) is 0 Å². The van der Waals surface area contributed by atoms with Crippen molar-refractivity contribution >= 4 is 11.2 Å². The Labute approximate surface area is 86.1 Å². The van der Waals surface area contributed by atoms with Gasteiger partial charge in [0, 0.05) is 27.9 Å². The molecule has 0 bridgehead atoms. The van der Waals surface area contributed by atoms with Gasteiger partial charge >= 0.3 is 5.69 Å². The van der Waals surface area contributed by atoms with Crippen LogP contribution in [0.25, 0.3) is 11.2 Å². The highest BCUT2D eigenvalue weighted by Crippen LogP contribution is 2.01. The molecule has 0 N–H and O–H groups in total. The number of rotatable bonds is 0. The molecular formula is C8H10N4O2. The standard InChI is InChI=1S/C8H10N4O2/c1-10-4-9-6-5(10)7(13)12(3)8(14)11(6)2/h4H,1-3H3/i1D3,3D2. The molecule has 0 radical (unpaired) electrons. The van der Waals surface area contributed by atoms with E-state index in [2.05, 4.69) is 4.98 Å². The second-order valence-corrected chi connectivity index (χ2v) is 2.80. The van der Waals surface area contributed by atoms with Gasteiger partial charge in [0.15, 0.2) is 11.2 Å². The fraction of sp³-hybridized carbons (Fsp3) is 0.375. The number of fused-ring (bicyclic) bond motifs is 1. The lowest BCUT2D eigenvalue weighted by atomic mass is 10.5. The molecule has 0 aliphatic rings. The normalized spacial score (nSPS) is 17.4. The molecule has 0 aliphatic heterocycles. The molecule has 6 nitrogen and oxygen atoms in total. The summed E-state index contributed by atoms with van der Waals surface area (Å²) >= 11 is 0. The Balaban J connectivity index is 3.05. The molecule has 6 heteroatoms. The van der Waals surface area contributed by atoms with Crippen LogP contribution in [0.5, 0.6) is 0 Å². The topological polar surface area (TPSA) is 61.8 Å². The molecule has 0 atom stereocenters. The van der Waals surface area contributed by atoms with Gasteiger partial charge in [-0.15, -0.1) is 0 Å². The summed E-state index contributed by atoms with van der Waals surface area (Å²) in [5, 5.41) is 0. The van der Waals surface area contributed by atoms with Crippen LogP contribution in [0.3, 0.4) is 0 Å². The van der Waals surface area contributed by atoms with E-state index in [-0.39, 0.29) is 11.2 Å². The first-order chi connectivity index (χ1) is 8.66. The van der Waals surface area contributed by atoms with E-state index in [4.69, 9.17) is 6.85 Å².